The average molecular weight is 259 g/mol. The van der Waals surface area contributed by atoms with Crippen molar-refractivity contribution in [1.82, 2.24) is 0 Å². The highest BCUT2D eigenvalue weighted by atomic mass is 19.4. The van der Waals surface area contributed by atoms with Crippen molar-refractivity contribution in [3.8, 4) is 6.07 Å². The predicted molar refractivity (Wildman–Crippen MR) is 57.7 cm³/mol. The maximum atomic E-state index is 12.3. The molecule has 98 valence electrons. The van der Waals surface area contributed by atoms with Crippen molar-refractivity contribution in [2.45, 2.75) is 18.2 Å². The molecule has 18 heavy (non-hydrogen) atoms. The van der Waals surface area contributed by atoms with Crippen LogP contribution in [0, 0.1) is 11.3 Å². The molecule has 1 aromatic carbocycles. The number of ether oxygens (including phenoxy) is 1. The van der Waals surface area contributed by atoms with Gasteiger partial charge >= 0.3 is 6.18 Å². The van der Waals surface area contributed by atoms with Crippen molar-refractivity contribution in [1.29, 1.82) is 5.26 Å². The van der Waals surface area contributed by atoms with E-state index in [1.165, 1.54) is 19.2 Å². The van der Waals surface area contributed by atoms with Crippen molar-refractivity contribution in [2.75, 3.05) is 13.7 Å². The normalized spacial score (nSPS) is 14.9. The van der Waals surface area contributed by atoms with Gasteiger partial charge in [-0.25, -0.2) is 0 Å². The third-order valence-corrected chi connectivity index (χ3v) is 2.46. The van der Waals surface area contributed by atoms with Gasteiger partial charge in [0.05, 0.1) is 30.3 Å². The van der Waals surface area contributed by atoms with Crippen LogP contribution in [-0.4, -0.2) is 24.9 Å². The molecular formula is C12H12F3NO2. The summed E-state index contributed by atoms with van der Waals surface area (Å²) in [6.07, 6.45) is -5.48. The van der Waals surface area contributed by atoms with Crippen LogP contribution in [0.5, 0.6) is 0 Å². The lowest BCUT2D eigenvalue weighted by Gasteiger charge is -2.16. The highest BCUT2D eigenvalue weighted by Crippen LogP contribution is 2.30. The summed E-state index contributed by atoms with van der Waals surface area (Å²) in [5.41, 5.74) is -0.459. The molecule has 0 aliphatic carbocycles. The molecule has 1 aromatic rings. The van der Waals surface area contributed by atoms with Crippen LogP contribution in [0.1, 0.15) is 17.0 Å². The molecule has 0 aromatic heterocycles. The maximum absolute atomic E-state index is 12.3. The summed E-state index contributed by atoms with van der Waals surface area (Å²) in [7, 11) is 1.37. The van der Waals surface area contributed by atoms with Gasteiger partial charge in [0.25, 0.3) is 0 Å². The molecule has 1 rings (SSSR count). The van der Waals surface area contributed by atoms with E-state index in [0.717, 1.165) is 12.1 Å². The summed E-state index contributed by atoms with van der Waals surface area (Å²) < 4.78 is 41.7. The van der Waals surface area contributed by atoms with Crippen LogP contribution < -0.4 is 0 Å². The fraction of sp³-hybridized carbons (Fsp3) is 0.417. The standard InChI is InChI=1S/C12H12F3NO2/c1-18-7-11(17)10(6-16)8-2-4-9(5-3-8)12(13,14)15/h2-5,10-11,17H,7H2,1H3. The number of hydrogen-bond donors (Lipinski definition) is 1. The molecule has 0 aliphatic rings. The van der Waals surface area contributed by atoms with Crippen LogP contribution in [0.15, 0.2) is 24.3 Å². The summed E-state index contributed by atoms with van der Waals surface area (Å²) in [6.45, 7) is -0.0563. The lowest BCUT2D eigenvalue weighted by molar-refractivity contribution is -0.137. The Morgan fingerprint density at radius 1 is 1.33 bits per heavy atom. The van der Waals surface area contributed by atoms with Crippen LogP contribution in [-0.2, 0) is 10.9 Å². The molecule has 6 heteroatoms. The molecule has 0 aliphatic heterocycles. The topological polar surface area (TPSA) is 53.2 Å². The number of alkyl halides is 3. The predicted octanol–water partition coefficient (Wildman–Crippen LogP) is 2.32. The Morgan fingerprint density at radius 3 is 2.28 bits per heavy atom. The molecule has 0 radical (unpaired) electrons. The number of rotatable bonds is 4. The van der Waals surface area contributed by atoms with Crippen molar-refractivity contribution in [3.05, 3.63) is 35.4 Å². The number of nitriles is 1. The van der Waals surface area contributed by atoms with Crippen LogP contribution in [0.25, 0.3) is 0 Å². The smallest absolute Gasteiger partial charge is 0.389 e. The first-order valence-electron chi connectivity index (χ1n) is 5.14. The lowest BCUT2D eigenvalue weighted by atomic mass is 9.94. The second-order valence-electron chi connectivity index (χ2n) is 3.75. The second-order valence-corrected chi connectivity index (χ2v) is 3.75. The van der Waals surface area contributed by atoms with Gasteiger partial charge in [-0.3, -0.25) is 0 Å². The van der Waals surface area contributed by atoms with Crippen molar-refractivity contribution in [3.63, 3.8) is 0 Å². The third kappa shape index (κ3) is 3.45. The van der Waals surface area contributed by atoms with E-state index in [2.05, 4.69) is 0 Å². The van der Waals surface area contributed by atoms with Crippen LogP contribution >= 0.6 is 0 Å². The highest BCUT2D eigenvalue weighted by Gasteiger charge is 2.30. The number of methoxy groups -OCH3 is 1. The van der Waals surface area contributed by atoms with E-state index in [-0.39, 0.29) is 6.61 Å². The van der Waals surface area contributed by atoms with Crippen LogP contribution in [0.3, 0.4) is 0 Å². The van der Waals surface area contributed by atoms with E-state index in [1.807, 2.05) is 6.07 Å². The minimum absolute atomic E-state index is 0.0563. The van der Waals surface area contributed by atoms with E-state index in [1.54, 1.807) is 0 Å². The fourth-order valence-electron chi connectivity index (χ4n) is 1.53. The number of benzene rings is 1. The van der Waals surface area contributed by atoms with Gasteiger partial charge < -0.3 is 9.84 Å². The molecule has 0 heterocycles. The van der Waals surface area contributed by atoms with Gasteiger partial charge in [0.15, 0.2) is 0 Å². The zero-order valence-corrected chi connectivity index (χ0v) is 9.61. The summed E-state index contributed by atoms with van der Waals surface area (Å²) in [5.74, 6) is -0.910. The number of aliphatic hydroxyl groups excluding tert-OH is 1. The van der Waals surface area contributed by atoms with Crippen LogP contribution in [0.2, 0.25) is 0 Å². The van der Waals surface area contributed by atoms with E-state index in [0.29, 0.717) is 5.56 Å². The number of nitrogens with zero attached hydrogens (tertiary/aromatic N) is 1. The Kier molecular flexibility index (Phi) is 4.70. The molecule has 0 bridgehead atoms. The van der Waals surface area contributed by atoms with Gasteiger partial charge in [-0.15, -0.1) is 0 Å². The highest BCUT2D eigenvalue weighted by molar-refractivity contribution is 5.31. The van der Waals surface area contributed by atoms with Gasteiger partial charge in [-0.1, -0.05) is 12.1 Å². The van der Waals surface area contributed by atoms with Gasteiger partial charge in [0.2, 0.25) is 0 Å². The zero-order chi connectivity index (χ0) is 13.8. The Morgan fingerprint density at radius 2 is 1.89 bits per heavy atom. The molecule has 0 fully saturated rings. The Hall–Kier alpha value is -1.58. The van der Waals surface area contributed by atoms with Crippen molar-refractivity contribution in [2.24, 2.45) is 0 Å². The molecule has 2 unspecified atom stereocenters. The van der Waals surface area contributed by atoms with Gasteiger partial charge in [0, 0.05) is 7.11 Å². The first kappa shape index (κ1) is 14.5. The largest absolute Gasteiger partial charge is 0.416 e. The first-order valence-corrected chi connectivity index (χ1v) is 5.14. The summed E-state index contributed by atoms with van der Waals surface area (Å²) >= 11 is 0. The van der Waals surface area contributed by atoms with E-state index < -0.39 is 23.8 Å². The van der Waals surface area contributed by atoms with Crippen molar-refractivity contribution < 1.29 is 23.0 Å². The Labute approximate surface area is 102 Å². The van der Waals surface area contributed by atoms with E-state index in [9.17, 15) is 18.3 Å². The summed E-state index contributed by atoms with van der Waals surface area (Å²) in [5, 5.41) is 18.5. The number of hydrogen-bond acceptors (Lipinski definition) is 3. The molecule has 0 saturated heterocycles. The maximum Gasteiger partial charge on any atom is 0.416 e. The summed E-state index contributed by atoms with van der Waals surface area (Å²) in [4.78, 5) is 0. The van der Waals surface area contributed by atoms with Crippen LogP contribution in [0.4, 0.5) is 13.2 Å². The Balaban J connectivity index is 2.93. The van der Waals surface area contributed by atoms with E-state index >= 15 is 0 Å². The summed E-state index contributed by atoms with van der Waals surface area (Å²) in [6, 6.07) is 6.01. The Bertz CT molecular complexity index is 422. The second kappa shape index (κ2) is 5.85. The third-order valence-electron chi connectivity index (χ3n) is 2.46. The molecule has 0 amide bonds. The van der Waals surface area contributed by atoms with Gasteiger partial charge in [0.1, 0.15) is 0 Å². The van der Waals surface area contributed by atoms with Crippen molar-refractivity contribution >= 4 is 0 Å². The molecule has 2 atom stereocenters. The average Bonchev–Trinajstić information content (AvgIpc) is 2.30. The van der Waals surface area contributed by atoms with Gasteiger partial charge in [-0.05, 0) is 17.7 Å². The number of aliphatic hydroxyl groups is 1. The minimum atomic E-state index is -4.41. The zero-order valence-electron chi connectivity index (χ0n) is 9.61. The SMILES string of the molecule is COCC(O)C(C#N)c1ccc(C(F)(F)F)cc1. The molecule has 0 spiro atoms. The molecule has 3 nitrogen and oxygen atoms in total. The number of halogens is 3. The van der Waals surface area contributed by atoms with E-state index in [4.69, 9.17) is 10.00 Å². The fourth-order valence-corrected chi connectivity index (χ4v) is 1.53. The first-order chi connectivity index (χ1) is 8.40. The molecule has 0 saturated carbocycles. The van der Waals surface area contributed by atoms with Gasteiger partial charge in [-0.2, -0.15) is 18.4 Å². The molecule has 1 N–H and O–H groups in total. The lowest BCUT2D eigenvalue weighted by Crippen LogP contribution is -2.22. The monoisotopic (exact) mass is 259 g/mol. The quantitative estimate of drug-likeness (QED) is 0.902. The minimum Gasteiger partial charge on any atom is -0.389 e. The molecular weight excluding hydrogens is 247 g/mol.